The van der Waals surface area contributed by atoms with Gasteiger partial charge in [0.25, 0.3) is 15.1 Å². The highest BCUT2D eigenvalue weighted by molar-refractivity contribution is 8.15. The second-order valence-electron chi connectivity index (χ2n) is 7.25. The summed E-state index contributed by atoms with van der Waals surface area (Å²) in [5, 5.41) is 35.8. The molecule has 0 fully saturated rings. The highest BCUT2D eigenvalue weighted by Crippen LogP contribution is 2.25. The van der Waals surface area contributed by atoms with E-state index in [0.717, 1.165) is 24.3 Å². The molecule has 37 heavy (non-hydrogen) atoms. The predicted octanol–water partition coefficient (Wildman–Crippen LogP) is 0.473. The Morgan fingerprint density at radius 2 is 1.54 bits per heavy atom. The molecular formula is C21H20F3NO10S2. The number of nitrogens with one attached hydrogen (secondary N) is 1. The normalized spacial score (nSPS) is 14.4. The number of halogens is 3. The molecule has 16 heteroatoms. The Kier molecular flexibility index (Phi) is 10.2. The van der Waals surface area contributed by atoms with Gasteiger partial charge in [-0.15, -0.1) is 13.2 Å². The average Bonchev–Trinajstić information content (AvgIpc) is 2.84. The number of aliphatic hydroxyl groups excluding tert-OH is 4. The number of Topliss-reactive ketones (excluding diaryl/α,β-unsaturated/α-hetero) is 2. The lowest BCUT2D eigenvalue weighted by Crippen LogP contribution is -2.45. The number of aliphatic hydroxyl groups is 4. The van der Waals surface area contributed by atoms with E-state index in [4.69, 9.17) is 5.11 Å². The van der Waals surface area contributed by atoms with Gasteiger partial charge in [-0.3, -0.25) is 19.1 Å². The van der Waals surface area contributed by atoms with Gasteiger partial charge < -0.3 is 25.2 Å². The van der Waals surface area contributed by atoms with Crippen molar-refractivity contribution in [2.45, 2.75) is 29.6 Å². The third-order valence-electron chi connectivity index (χ3n) is 4.54. The molecule has 0 heterocycles. The Labute approximate surface area is 211 Å². The van der Waals surface area contributed by atoms with Gasteiger partial charge in [-0.25, -0.2) is 8.42 Å². The number of hydrogen-bond acceptors (Lipinski definition) is 11. The van der Waals surface area contributed by atoms with Crippen molar-refractivity contribution in [3.8, 4) is 5.75 Å². The number of alkyl halides is 3. The van der Waals surface area contributed by atoms with Gasteiger partial charge in [-0.2, -0.15) is 0 Å². The molecule has 11 nitrogen and oxygen atoms in total. The second-order valence-corrected chi connectivity index (χ2v) is 9.88. The third-order valence-corrected chi connectivity index (χ3v) is 6.80. The van der Waals surface area contributed by atoms with Crippen molar-refractivity contribution in [3.05, 3.63) is 54.1 Å². The fourth-order valence-corrected chi connectivity index (χ4v) is 4.39. The van der Waals surface area contributed by atoms with Crippen molar-refractivity contribution in [3.63, 3.8) is 0 Å². The first-order valence-electron chi connectivity index (χ1n) is 10.0. The van der Waals surface area contributed by atoms with E-state index in [-0.39, 0.29) is 27.9 Å². The molecule has 3 unspecified atom stereocenters. The summed E-state index contributed by atoms with van der Waals surface area (Å²) < 4.78 is 67.4. The molecule has 0 aliphatic heterocycles. The molecule has 0 saturated heterocycles. The number of thioether (sulfide) groups is 1. The largest absolute Gasteiger partial charge is 0.573 e. The molecule has 3 atom stereocenters. The summed E-state index contributed by atoms with van der Waals surface area (Å²) in [5.74, 6) is -3.29. The number of ketones is 2. The van der Waals surface area contributed by atoms with Crippen LogP contribution in [0.1, 0.15) is 10.4 Å². The van der Waals surface area contributed by atoms with E-state index in [1.165, 1.54) is 24.3 Å². The fourth-order valence-electron chi connectivity index (χ4n) is 2.64. The zero-order valence-corrected chi connectivity index (χ0v) is 20.1. The van der Waals surface area contributed by atoms with Crippen molar-refractivity contribution < 1.29 is 61.1 Å². The van der Waals surface area contributed by atoms with Crippen LogP contribution in [0.2, 0.25) is 0 Å². The summed E-state index contributed by atoms with van der Waals surface area (Å²) >= 11 is 0.223. The zero-order valence-electron chi connectivity index (χ0n) is 18.5. The maximum absolute atomic E-state index is 12.4. The van der Waals surface area contributed by atoms with Gasteiger partial charge in [0.05, 0.1) is 17.3 Å². The maximum atomic E-state index is 12.4. The van der Waals surface area contributed by atoms with Gasteiger partial charge in [0.2, 0.25) is 5.78 Å². The van der Waals surface area contributed by atoms with Crippen LogP contribution < -0.4 is 9.46 Å². The molecule has 0 aliphatic carbocycles. The van der Waals surface area contributed by atoms with Gasteiger partial charge in [-0.1, -0.05) is 11.8 Å². The van der Waals surface area contributed by atoms with Crippen LogP contribution in [-0.2, 0) is 19.6 Å². The van der Waals surface area contributed by atoms with Crippen molar-refractivity contribution in [2.75, 3.05) is 17.1 Å². The van der Waals surface area contributed by atoms with Crippen LogP contribution in [0.25, 0.3) is 0 Å². The van der Waals surface area contributed by atoms with E-state index in [0.29, 0.717) is 0 Å². The standard InChI is InChI=1S/C21H20F3NO10S2/c22-21(23,24)35-13-5-7-14(8-6-13)37(33,34)25-12-3-1-11(2-4-12)16(28)10-36-20(32)19(31)18(30)17(29)15(27)9-26/h1-8,15,17-18,25-27,29-30H,9-10H2. The number of carbonyl (C=O) groups excluding carboxylic acids is 3. The van der Waals surface area contributed by atoms with Crippen molar-refractivity contribution in [1.29, 1.82) is 0 Å². The quantitative estimate of drug-likeness (QED) is 0.177. The number of ether oxygens (including phenoxy) is 1. The number of sulfonamides is 1. The monoisotopic (exact) mass is 567 g/mol. The van der Waals surface area contributed by atoms with Crippen molar-refractivity contribution in [2.24, 2.45) is 0 Å². The SMILES string of the molecule is O=C(SCC(=O)c1ccc(NS(=O)(=O)c2ccc(OC(F)(F)F)cc2)cc1)C(=O)C(O)C(O)C(O)CO. The molecule has 0 spiro atoms. The Morgan fingerprint density at radius 1 is 0.973 bits per heavy atom. The summed E-state index contributed by atoms with van der Waals surface area (Å²) in [6, 6.07) is 8.28. The van der Waals surface area contributed by atoms with Crippen molar-refractivity contribution in [1.82, 2.24) is 0 Å². The lowest BCUT2D eigenvalue weighted by molar-refractivity contribution is -0.274. The molecule has 0 radical (unpaired) electrons. The molecule has 0 aliphatic rings. The number of rotatable bonds is 12. The van der Waals surface area contributed by atoms with Gasteiger partial charge >= 0.3 is 6.36 Å². The van der Waals surface area contributed by atoms with Crippen LogP contribution in [0.4, 0.5) is 18.9 Å². The van der Waals surface area contributed by atoms with Crippen LogP contribution in [-0.4, -0.2) is 82.6 Å². The molecule has 0 saturated carbocycles. The maximum Gasteiger partial charge on any atom is 0.573 e. The highest BCUT2D eigenvalue weighted by Gasteiger charge is 2.34. The predicted molar refractivity (Wildman–Crippen MR) is 122 cm³/mol. The smallest absolute Gasteiger partial charge is 0.406 e. The van der Waals surface area contributed by atoms with Gasteiger partial charge in [0.15, 0.2) is 5.78 Å². The fraction of sp³-hybridized carbons (Fsp3) is 0.286. The average molecular weight is 568 g/mol. The Bertz CT molecular complexity index is 1220. The Hall–Kier alpha value is -3.02. The first kappa shape index (κ1) is 30.2. The summed E-state index contributed by atoms with van der Waals surface area (Å²) in [5.41, 5.74) is 0.0336. The molecule has 5 N–H and O–H groups in total. The first-order valence-corrected chi connectivity index (χ1v) is 12.5. The second kappa shape index (κ2) is 12.5. The van der Waals surface area contributed by atoms with E-state index in [9.17, 15) is 51.3 Å². The topological polar surface area (TPSA) is 188 Å². The van der Waals surface area contributed by atoms with E-state index in [1.54, 1.807) is 0 Å². The first-order chi connectivity index (χ1) is 17.1. The van der Waals surface area contributed by atoms with Crippen LogP contribution >= 0.6 is 11.8 Å². The molecule has 2 aromatic carbocycles. The molecule has 0 bridgehead atoms. The van der Waals surface area contributed by atoms with Crippen LogP contribution in [0.15, 0.2) is 53.4 Å². The van der Waals surface area contributed by atoms with Crippen molar-refractivity contribution >= 4 is 44.2 Å². The minimum absolute atomic E-state index is 0.00521. The highest BCUT2D eigenvalue weighted by atomic mass is 32.2. The number of anilines is 1. The van der Waals surface area contributed by atoms with E-state index in [2.05, 4.69) is 9.46 Å². The molecule has 2 aromatic rings. The summed E-state index contributed by atoms with van der Waals surface area (Å²) in [4.78, 5) is 35.6. The molecular weight excluding hydrogens is 547 g/mol. The van der Waals surface area contributed by atoms with E-state index >= 15 is 0 Å². The number of carbonyl (C=O) groups is 3. The summed E-state index contributed by atoms with van der Waals surface area (Å²) in [6.07, 6.45) is -11.2. The Balaban J connectivity index is 1.96. The van der Waals surface area contributed by atoms with Gasteiger partial charge in [-0.05, 0) is 48.5 Å². The van der Waals surface area contributed by atoms with Crippen LogP contribution in [0.3, 0.4) is 0 Å². The van der Waals surface area contributed by atoms with Crippen LogP contribution in [0.5, 0.6) is 5.75 Å². The molecule has 2 rings (SSSR count). The summed E-state index contributed by atoms with van der Waals surface area (Å²) in [7, 11) is -4.20. The van der Waals surface area contributed by atoms with E-state index < -0.39 is 69.5 Å². The van der Waals surface area contributed by atoms with Gasteiger partial charge in [0.1, 0.15) is 24.1 Å². The Morgan fingerprint density at radius 3 is 2.05 bits per heavy atom. The lowest BCUT2D eigenvalue weighted by Gasteiger charge is -2.19. The summed E-state index contributed by atoms with van der Waals surface area (Å²) in [6.45, 7) is -0.972. The molecule has 0 amide bonds. The number of benzene rings is 2. The van der Waals surface area contributed by atoms with E-state index in [1.807, 2.05) is 0 Å². The third kappa shape index (κ3) is 8.80. The molecule has 202 valence electrons. The van der Waals surface area contributed by atoms with Gasteiger partial charge in [0, 0.05) is 11.3 Å². The molecule has 0 aromatic heterocycles. The van der Waals surface area contributed by atoms with Crippen LogP contribution in [0, 0.1) is 0 Å². The zero-order chi connectivity index (χ0) is 28.0. The minimum Gasteiger partial charge on any atom is -0.406 e. The minimum atomic E-state index is -4.94. The lowest BCUT2D eigenvalue weighted by atomic mass is 10.1. The number of hydrogen-bond donors (Lipinski definition) is 5.